The molecule has 0 radical (unpaired) electrons. The summed E-state index contributed by atoms with van der Waals surface area (Å²) in [6.45, 7) is 6.89. The summed E-state index contributed by atoms with van der Waals surface area (Å²) in [5.41, 5.74) is 0. The molecule has 0 aromatic rings. The van der Waals surface area contributed by atoms with Crippen molar-refractivity contribution in [2.75, 3.05) is 19.8 Å². The van der Waals surface area contributed by atoms with Gasteiger partial charge < -0.3 is 4.74 Å². The number of nitrogens with zero attached hydrogens (tertiary/aromatic N) is 1. The van der Waals surface area contributed by atoms with E-state index in [9.17, 15) is 0 Å². The van der Waals surface area contributed by atoms with Crippen molar-refractivity contribution in [3.63, 3.8) is 0 Å². The van der Waals surface area contributed by atoms with Crippen LogP contribution < -0.4 is 0 Å². The third kappa shape index (κ3) is 3.25. The number of hydrogen-bond donors (Lipinski definition) is 0. The fraction of sp³-hybridized carbons (Fsp3) is 0.800. The summed E-state index contributed by atoms with van der Waals surface area (Å²) in [6, 6.07) is 0. The van der Waals surface area contributed by atoms with Gasteiger partial charge in [-0.1, -0.05) is 12.8 Å². The zero-order chi connectivity index (χ0) is 8.81. The first kappa shape index (κ1) is 9.57. The standard InChI is InChI=1S/C10H17NO/c1-3-4-5-6-7-11-8-10(2)12-9-11/h10H,3-4,7-9H2,1-2H3. The van der Waals surface area contributed by atoms with E-state index in [1.807, 2.05) is 0 Å². The summed E-state index contributed by atoms with van der Waals surface area (Å²) in [6.07, 6.45) is 2.56. The van der Waals surface area contributed by atoms with Crippen molar-refractivity contribution in [3.8, 4) is 11.8 Å². The molecule has 1 atom stereocenters. The Balaban J connectivity index is 2.12. The molecule has 0 bridgehead atoms. The molecule has 1 aliphatic heterocycles. The van der Waals surface area contributed by atoms with Gasteiger partial charge in [0.25, 0.3) is 0 Å². The fourth-order valence-corrected chi connectivity index (χ4v) is 1.19. The molecule has 1 unspecified atom stereocenters. The molecule has 0 spiro atoms. The number of unbranched alkanes of at least 4 members (excludes halogenated alkanes) is 1. The quantitative estimate of drug-likeness (QED) is 0.577. The van der Waals surface area contributed by atoms with Crippen molar-refractivity contribution in [1.82, 2.24) is 4.90 Å². The Labute approximate surface area is 74.9 Å². The molecule has 0 aromatic heterocycles. The van der Waals surface area contributed by atoms with Gasteiger partial charge in [-0.2, -0.15) is 0 Å². The highest BCUT2D eigenvalue weighted by atomic mass is 16.5. The Hall–Kier alpha value is -0.520. The van der Waals surface area contributed by atoms with Gasteiger partial charge in [0, 0.05) is 13.0 Å². The van der Waals surface area contributed by atoms with E-state index in [-0.39, 0.29) is 0 Å². The Morgan fingerprint density at radius 3 is 2.92 bits per heavy atom. The van der Waals surface area contributed by atoms with Crippen molar-refractivity contribution in [1.29, 1.82) is 0 Å². The third-order valence-corrected chi connectivity index (χ3v) is 1.86. The lowest BCUT2D eigenvalue weighted by Crippen LogP contribution is -2.21. The summed E-state index contributed by atoms with van der Waals surface area (Å²) in [7, 11) is 0. The molecule has 2 nitrogen and oxygen atoms in total. The maximum atomic E-state index is 5.38. The van der Waals surface area contributed by atoms with Crippen LogP contribution in [0.3, 0.4) is 0 Å². The first-order valence-electron chi connectivity index (χ1n) is 4.62. The predicted octanol–water partition coefficient (Wildman–Crippen LogP) is 1.47. The van der Waals surface area contributed by atoms with Crippen molar-refractivity contribution in [2.45, 2.75) is 32.8 Å². The van der Waals surface area contributed by atoms with E-state index in [0.717, 1.165) is 32.7 Å². The molecule has 68 valence electrons. The molecular formula is C10H17NO. The van der Waals surface area contributed by atoms with E-state index in [0.29, 0.717) is 6.10 Å². The molecule has 2 heteroatoms. The van der Waals surface area contributed by atoms with Gasteiger partial charge in [-0.3, -0.25) is 4.90 Å². The smallest absolute Gasteiger partial charge is 0.100 e. The Bertz CT molecular complexity index is 180. The van der Waals surface area contributed by atoms with Crippen LogP contribution in [0, 0.1) is 11.8 Å². The van der Waals surface area contributed by atoms with Gasteiger partial charge in [-0.25, -0.2) is 0 Å². The van der Waals surface area contributed by atoms with Crippen LogP contribution in [0.5, 0.6) is 0 Å². The highest BCUT2D eigenvalue weighted by molar-refractivity contribution is 5.01. The highest BCUT2D eigenvalue weighted by Crippen LogP contribution is 2.05. The summed E-state index contributed by atoms with van der Waals surface area (Å²) in [5, 5.41) is 0. The van der Waals surface area contributed by atoms with Gasteiger partial charge in [-0.05, 0) is 13.3 Å². The molecule has 1 saturated heterocycles. The highest BCUT2D eigenvalue weighted by Gasteiger charge is 2.17. The molecule has 0 saturated carbocycles. The monoisotopic (exact) mass is 167 g/mol. The Morgan fingerprint density at radius 1 is 1.50 bits per heavy atom. The summed E-state index contributed by atoms with van der Waals surface area (Å²) < 4.78 is 5.38. The zero-order valence-corrected chi connectivity index (χ0v) is 7.97. The molecule has 1 rings (SSSR count). The number of rotatable bonds is 2. The molecular weight excluding hydrogens is 150 g/mol. The molecule has 0 amide bonds. The van der Waals surface area contributed by atoms with E-state index < -0.39 is 0 Å². The van der Waals surface area contributed by atoms with Gasteiger partial charge in [0.15, 0.2) is 0 Å². The minimum Gasteiger partial charge on any atom is -0.362 e. The summed E-state index contributed by atoms with van der Waals surface area (Å²) >= 11 is 0. The summed E-state index contributed by atoms with van der Waals surface area (Å²) in [4.78, 5) is 2.23. The van der Waals surface area contributed by atoms with Crippen LogP contribution in [0.25, 0.3) is 0 Å². The number of hydrogen-bond acceptors (Lipinski definition) is 2. The third-order valence-electron chi connectivity index (χ3n) is 1.86. The van der Waals surface area contributed by atoms with Gasteiger partial charge in [0.2, 0.25) is 0 Å². The summed E-state index contributed by atoms with van der Waals surface area (Å²) in [5.74, 6) is 6.27. The van der Waals surface area contributed by atoms with Crippen molar-refractivity contribution < 1.29 is 4.74 Å². The zero-order valence-electron chi connectivity index (χ0n) is 7.97. The maximum Gasteiger partial charge on any atom is 0.100 e. The van der Waals surface area contributed by atoms with Crippen LogP contribution in [0.4, 0.5) is 0 Å². The van der Waals surface area contributed by atoms with Crippen LogP contribution in [-0.4, -0.2) is 30.8 Å². The van der Waals surface area contributed by atoms with E-state index in [4.69, 9.17) is 4.74 Å². The first-order chi connectivity index (χ1) is 5.83. The first-order valence-corrected chi connectivity index (χ1v) is 4.62. The van der Waals surface area contributed by atoms with E-state index in [1.165, 1.54) is 0 Å². The van der Waals surface area contributed by atoms with Crippen LogP contribution in [0.1, 0.15) is 26.7 Å². The SMILES string of the molecule is CCCC#CCN1COC(C)C1. The van der Waals surface area contributed by atoms with Crippen LogP contribution in [0.2, 0.25) is 0 Å². The van der Waals surface area contributed by atoms with E-state index >= 15 is 0 Å². The molecule has 1 heterocycles. The lowest BCUT2D eigenvalue weighted by molar-refractivity contribution is 0.103. The van der Waals surface area contributed by atoms with Gasteiger partial charge >= 0.3 is 0 Å². The van der Waals surface area contributed by atoms with E-state index in [1.54, 1.807) is 0 Å². The Kier molecular flexibility index (Phi) is 4.13. The van der Waals surface area contributed by atoms with Crippen LogP contribution in [-0.2, 0) is 4.74 Å². The minimum absolute atomic E-state index is 0.387. The molecule has 0 aromatic carbocycles. The maximum absolute atomic E-state index is 5.38. The van der Waals surface area contributed by atoms with E-state index in [2.05, 4.69) is 30.6 Å². The van der Waals surface area contributed by atoms with Crippen molar-refractivity contribution >= 4 is 0 Å². The normalized spacial score (nSPS) is 23.7. The fourth-order valence-electron chi connectivity index (χ4n) is 1.19. The lowest BCUT2D eigenvalue weighted by atomic mass is 10.3. The topological polar surface area (TPSA) is 12.5 Å². The van der Waals surface area contributed by atoms with Crippen molar-refractivity contribution in [2.24, 2.45) is 0 Å². The molecule has 1 fully saturated rings. The second kappa shape index (κ2) is 5.18. The van der Waals surface area contributed by atoms with Crippen LogP contribution >= 0.6 is 0 Å². The van der Waals surface area contributed by atoms with Crippen LogP contribution in [0.15, 0.2) is 0 Å². The average Bonchev–Trinajstić information content (AvgIpc) is 2.45. The number of ether oxygens (including phenoxy) is 1. The Morgan fingerprint density at radius 2 is 2.33 bits per heavy atom. The largest absolute Gasteiger partial charge is 0.362 e. The lowest BCUT2D eigenvalue weighted by Gasteiger charge is -2.06. The minimum atomic E-state index is 0.387. The average molecular weight is 167 g/mol. The molecule has 12 heavy (non-hydrogen) atoms. The second-order valence-electron chi connectivity index (χ2n) is 3.22. The molecule has 0 aliphatic carbocycles. The molecule has 0 N–H and O–H groups in total. The second-order valence-corrected chi connectivity index (χ2v) is 3.22. The van der Waals surface area contributed by atoms with Gasteiger partial charge in [0.05, 0.1) is 12.6 Å². The molecule has 1 aliphatic rings. The van der Waals surface area contributed by atoms with Gasteiger partial charge in [-0.15, -0.1) is 5.92 Å². The van der Waals surface area contributed by atoms with Crippen molar-refractivity contribution in [3.05, 3.63) is 0 Å². The predicted molar refractivity (Wildman–Crippen MR) is 49.7 cm³/mol. The van der Waals surface area contributed by atoms with Gasteiger partial charge in [0.1, 0.15) is 6.73 Å².